The van der Waals surface area contributed by atoms with Gasteiger partial charge in [-0.2, -0.15) is 0 Å². The third-order valence-electron chi connectivity index (χ3n) is 6.18. The molecule has 9 heteroatoms. The predicted molar refractivity (Wildman–Crippen MR) is 153 cm³/mol. The van der Waals surface area contributed by atoms with Crippen molar-refractivity contribution < 1.29 is 19.1 Å². The molecule has 0 aliphatic carbocycles. The largest absolute Gasteiger partial charge is 0.488 e. The lowest BCUT2D eigenvalue weighted by atomic mass is 10.0. The molecule has 5 rings (SSSR count). The number of hydrogen-bond acceptors (Lipinski definition) is 4. The summed E-state index contributed by atoms with van der Waals surface area (Å²) in [5.41, 5.74) is 2.94. The zero-order valence-electron chi connectivity index (χ0n) is 20.8. The fourth-order valence-corrected chi connectivity index (χ4v) is 4.73. The maximum Gasteiger partial charge on any atom is 0.329 e. The maximum atomic E-state index is 13.2. The number of carbonyl (C=O) groups is 3. The second kappa shape index (κ2) is 11.2. The predicted octanol–water partition coefficient (Wildman–Crippen LogP) is 6.57. The molecule has 2 N–H and O–H groups in total. The Balaban J connectivity index is 1.41. The normalized spacial score (nSPS) is 14.1. The molecular weight excluding hydrogens is 537 g/mol. The van der Waals surface area contributed by atoms with Gasteiger partial charge in [-0.3, -0.25) is 9.59 Å². The van der Waals surface area contributed by atoms with Crippen molar-refractivity contribution in [2.45, 2.75) is 13.5 Å². The Bertz CT molecular complexity index is 1650. The minimum Gasteiger partial charge on any atom is -0.488 e. The number of urea groups is 1. The van der Waals surface area contributed by atoms with Gasteiger partial charge in [0.15, 0.2) is 0 Å². The van der Waals surface area contributed by atoms with E-state index in [9.17, 15) is 14.4 Å². The van der Waals surface area contributed by atoms with Crippen LogP contribution in [-0.4, -0.2) is 29.3 Å². The molecule has 4 aromatic carbocycles. The number of ether oxygens (including phenoxy) is 1. The van der Waals surface area contributed by atoms with Crippen LogP contribution in [0.2, 0.25) is 10.0 Å². The highest BCUT2D eigenvalue weighted by Gasteiger charge is 2.35. The Labute approximate surface area is 235 Å². The van der Waals surface area contributed by atoms with Crippen LogP contribution in [0.1, 0.15) is 16.7 Å². The minimum atomic E-state index is -0.679. The van der Waals surface area contributed by atoms with E-state index in [0.717, 1.165) is 26.8 Å². The summed E-state index contributed by atoms with van der Waals surface area (Å²) in [7, 11) is 0. The first kappa shape index (κ1) is 26.3. The summed E-state index contributed by atoms with van der Waals surface area (Å²) in [6.45, 7) is 1.64. The quantitative estimate of drug-likeness (QED) is 0.198. The fraction of sp³-hybridized carbons (Fsp3) is 0.100. The van der Waals surface area contributed by atoms with E-state index in [1.165, 1.54) is 0 Å². The maximum absolute atomic E-state index is 13.2. The smallest absolute Gasteiger partial charge is 0.329 e. The van der Waals surface area contributed by atoms with E-state index in [2.05, 4.69) is 10.6 Å². The summed E-state index contributed by atoms with van der Waals surface area (Å²) in [5.74, 6) is -0.608. The van der Waals surface area contributed by atoms with Gasteiger partial charge >= 0.3 is 6.03 Å². The lowest BCUT2D eigenvalue weighted by molar-refractivity contribution is -0.127. The van der Waals surface area contributed by atoms with Gasteiger partial charge in [-0.15, -0.1) is 0 Å². The van der Waals surface area contributed by atoms with Gasteiger partial charge in [0.25, 0.3) is 5.91 Å². The van der Waals surface area contributed by atoms with Crippen LogP contribution >= 0.6 is 23.2 Å². The molecule has 1 saturated heterocycles. The zero-order chi connectivity index (χ0) is 27.5. The van der Waals surface area contributed by atoms with Crippen LogP contribution in [0.5, 0.6) is 5.75 Å². The van der Waals surface area contributed by atoms with Gasteiger partial charge in [0.05, 0.1) is 0 Å². The molecule has 0 radical (unpaired) electrons. The SMILES string of the molecule is Cc1cccc(NC(=O)CN2C(=O)N/C(=C/c3c(OCc4ccc(Cl)cc4Cl)ccc4ccccc34)C2=O)c1. The number of halogens is 2. The molecule has 0 bridgehead atoms. The lowest BCUT2D eigenvalue weighted by Crippen LogP contribution is -2.38. The van der Waals surface area contributed by atoms with Gasteiger partial charge in [-0.25, -0.2) is 9.69 Å². The van der Waals surface area contributed by atoms with Crippen molar-refractivity contribution in [1.82, 2.24) is 10.2 Å². The average Bonchev–Trinajstić information content (AvgIpc) is 3.16. The van der Waals surface area contributed by atoms with E-state index in [1.54, 1.807) is 42.5 Å². The lowest BCUT2D eigenvalue weighted by Gasteiger charge is -2.14. The van der Waals surface area contributed by atoms with Gasteiger partial charge in [0, 0.05) is 26.9 Å². The average molecular weight is 560 g/mol. The van der Waals surface area contributed by atoms with Crippen LogP contribution in [-0.2, 0) is 16.2 Å². The summed E-state index contributed by atoms with van der Waals surface area (Å²) in [4.78, 5) is 39.3. The van der Waals surface area contributed by atoms with Gasteiger partial charge in [-0.05, 0) is 59.7 Å². The van der Waals surface area contributed by atoms with E-state index >= 15 is 0 Å². The Morgan fingerprint density at radius 3 is 2.62 bits per heavy atom. The summed E-state index contributed by atoms with van der Waals surface area (Å²) in [6.07, 6.45) is 1.57. The molecule has 196 valence electrons. The number of carbonyl (C=O) groups excluding carboxylic acids is 3. The van der Waals surface area contributed by atoms with Crippen molar-refractivity contribution in [3.63, 3.8) is 0 Å². The Morgan fingerprint density at radius 2 is 1.82 bits per heavy atom. The van der Waals surface area contributed by atoms with Crippen LogP contribution in [0.3, 0.4) is 0 Å². The first-order chi connectivity index (χ1) is 18.8. The number of anilines is 1. The molecule has 39 heavy (non-hydrogen) atoms. The zero-order valence-corrected chi connectivity index (χ0v) is 22.3. The van der Waals surface area contributed by atoms with Crippen molar-refractivity contribution >= 4 is 63.6 Å². The second-order valence-electron chi connectivity index (χ2n) is 9.02. The number of nitrogens with one attached hydrogen (secondary N) is 2. The van der Waals surface area contributed by atoms with Crippen LogP contribution in [0, 0.1) is 6.92 Å². The Kier molecular flexibility index (Phi) is 7.54. The number of rotatable bonds is 7. The van der Waals surface area contributed by atoms with Crippen LogP contribution in [0.25, 0.3) is 16.8 Å². The number of nitrogens with zero attached hydrogens (tertiary/aromatic N) is 1. The highest BCUT2D eigenvalue weighted by atomic mass is 35.5. The molecule has 0 spiro atoms. The van der Waals surface area contributed by atoms with E-state index in [-0.39, 0.29) is 12.3 Å². The number of imide groups is 1. The molecule has 1 aliphatic rings. The van der Waals surface area contributed by atoms with Gasteiger partial charge in [0.1, 0.15) is 24.6 Å². The highest BCUT2D eigenvalue weighted by molar-refractivity contribution is 6.35. The monoisotopic (exact) mass is 559 g/mol. The molecule has 0 aromatic heterocycles. The molecule has 1 fully saturated rings. The number of benzene rings is 4. The molecule has 0 unspecified atom stereocenters. The summed E-state index contributed by atoms with van der Waals surface area (Å²) >= 11 is 12.3. The molecule has 4 amide bonds. The van der Waals surface area contributed by atoms with E-state index in [0.29, 0.717) is 27.0 Å². The Morgan fingerprint density at radius 1 is 1.00 bits per heavy atom. The molecule has 7 nitrogen and oxygen atoms in total. The summed E-state index contributed by atoms with van der Waals surface area (Å²) in [5, 5.41) is 8.05. The second-order valence-corrected chi connectivity index (χ2v) is 9.86. The minimum absolute atomic E-state index is 0.0362. The summed E-state index contributed by atoms with van der Waals surface area (Å²) < 4.78 is 6.12. The first-order valence-corrected chi connectivity index (χ1v) is 12.8. The molecule has 4 aromatic rings. The third kappa shape index (κ3) is 5.90. The van der Waals surface area contributed by atoms with Crippen molar-refractivity contribution in [2.75, 3.05) is 11.9 Å². The third-order valence-corrected chi connectivity index (χ3v) is 6.77. The summed E-state index contributed by atoms with van der Waals surface area (Å²) in [6, 6.07) is 23.1. The van der Waals surface area contributed by atoms with E-state index < -0.39 is 24.4 Å². The van der Waals surface area contributed by atoms with E-state index in [4.69, 9.17) is 27.9 Å². The first-order valence-electron chi connectivity index (χ1n) is 12.1. The number of fused-ring (bicyclic) bond motifs is 1. The number of aryl methyl sites for hydroxylation is 1. The fourth-order valence-electron chi connectivity index (χ4n) is 4.27. The topological polar surface area (TPSA) is 87.7 Å². The standard InChI is InChI=1S/C30H23Cl2N3O4/c1-18-5-4-7-22(13-18)33-28(36)16-35-29(37)26(34-30(35)38)15-24-23-8-3-2-6-19(23)10-12-27(24)39-17-20-9-11-21(31)14-25(20)32/h2-15H,16-17H2,1H3,(H,33,36)(H,34,38)/b26-15+. The Hall–Kier alpha value is -4.33. The van der Waals surface area contributed by atoms with Crippen LogP contribution in [0.15, 0.2) is 84.6 Å². The van der Waals surface area contributed by atoms with Gasteiger partial charge < -0.3 is 15.4 Å². The van der Waals surface area contributed by atoms with Crippen LogP contribution < -0.4 is 15.4 Å². The van der Waals surface area contributed by atoms with Crippen molar-refractivity contribution in [1.29, 1.82) is 0 Å². The highest BCUT2D eigenvalue weighted by Crippen LogP contribution is 2.32. The molecule has 1 aliphatic heterocycles. The van der Waals surface area contributed by atoms with Crippen LogP contribution in [0.4, 0.5) is 10.5 Å². The van der Waals surface area contributed by atoms with Gasteiger partial charge in [0.2, 0.25) is 5.91 Å². The van der Waals surface area contributed by atoms with Crippen molar-refractivity contribution in [3.8, 4) is 5.75 Å². The number of amides is 4. The van der Waals surface area contributed by atoms with E-state index in [1.807, 2.05) is 49.4 Å². The van der Waals surface area contributed by atoms with Gasteiger partial charge in [-0.1, -0.05) is 71.7 Å². The number of hydrogen-bond donors (Lipinski definition) is 2. The molecule has 1 heterocycles. The molecule has 0 atom stereocenters. The molecular formula is C30H23Cl2N3O4. The molecule has 0 saturated carbocycles. The van der Waals surface area contributed by atoms with Crippen molar-refractivity contribution in [3.05, 3.63) is 111 Å². The van der Waals surface area contributed by atoms with Crippen molar-refractivity contribution in [2.24, 2.45) is 0 Å².